The molecule has 0 bridgehead atoms. The molecule has 0 atom stereocenters. The zero-order valence-corrected chi connectivity index (χ0v) is 8.76. The predicted octanol–water partition coefficient (Wildman–Crippen LogP) is 2.44. The third-order valence-electron chi connectivity index (χ3n) is 1.79. The van der Waals surface area contributed by atoms with Crippen molar-refractivity contribution in [2.75, 3.05) is 5.33 Å². The largest absolute Gasteiger partial charge is 0.293 e. The third-order valence-corrected chi connectivity index (χ3v) is 2.30. The molecule has 0 unspecified atom stereocenters. The second-order valence-corrected chi connectivity index (χ2v) is 3.23. The van der Waals surface area contributed by atoms with Crippen LogP contribution in [-0.2, 0) is 0 Å². The molecule has 0 saturated carbocycles. The van der Waals surface area contributed by atoms with Crippen LogP contribution in [0.1, 0.15) is 21.5 Å². The average molecular weight is 238 g/mol. The van der Waals surface area contributed by atoms with E-state index in [9.17, 15) is 4.79 Å². The van der Waals surface area contributed by atoms with Crippen LogP contribution in [0.4, 0.5) is 0 Å². The fourth-order valence-corrected chi connectivity index (χ4v) is 1.48. The minimum absolute atomic E-state index is 0.0466. The van der Waals surface area contributed by atoms with Crippen molar-refractivity contribution in [3.8, 4) is 6.07 Å². The summed E-state index contributed by atoms with van der Waals surface area (Å²) in [6.07, 6.45) is 0. The van der Waals surface area contributed by atoms with Crippen molar-refractivity contribution in [2.24, 2.45) is 0 Å². The van der Waals surface area contributed by atoms with E-state index in [1.807, 2.05) is 19.1 Å². The molecule has 0 fully saturated rings. The summed E-state index contributed by atoms with van der Waals surface area (Å²) >= 11 is 3.09. The van der Waals surface area contributed by atoms with Gasteiger partial charge in [-0.2, -0.15) is 5.26 Å². The van der Waals surface area contributed by atoms with E-state index < -0.39 is 0 Å². The standard InChI is InChI=1S/C10H8BrNO/c1-7-3-2-4-8(6-12)10(7)9(13)5-11/h2-4H,5H2,1H3. The molecule has 0 aliphatic heterocycles. The summed E-state index contributed by atoms with van der Waals surface area (Å²) in [4.78, 5) is 11.4. The summed E-state index contributed by atoms with van der Waals surface area (Å²) < 4.78 is 0. The summed E-state index contributed by atoms with van der Waals surface area (Å²) in [5.74, 6) is -0.0466. The molecule has 0 aliphatic carbocycles. The Morgan fingerprint density at radius 3 is 2.85 bits per heavy atom. The van der Waals surface area contributed by atoms with Crippen molar-refractivity contribution in [2.45, 2.75) is 6.92 Å². The van der Waals surface area contributed by atoms with Crippen LogP contribution in [-0.4, -0.2) is 11.1 Å². The maximum atomic E-state index is 11.4. The molecule has 1 aromatic carbocycles. The lowest BCUT2D eigenvalue weighted by Crippen LogP contribution is -2.05. The number of rotatable bonds is 2. The van der Waals surface area contributed by atoms with Crippen LogP contribution in [0.25, 0.3) is 0 Å². The highest BCUT2D eigenvalue weighted by atomic mass is 79.9. The molecule has 0 heterocycles. The number of ketones is 1. The molecule has 0 radical (unpaired) electrons. The van der Waals surface area contributed by atoms with Gasteiger partial charge in [0, 0.05) is 5.56 Å². The number of alkyl halides is 1. The number of aryl methyl sites for hydroxylation is 1. The van der Waals surface area contributed by atoms with Crippen LogP contribution in [0.5, 0.6) is 0 Å². The van der Waals surface area contributed by atoms with E-state index in [1.54, 1.807) is 12.1 Å². The molecule has 0 aromatic heterocycles. The average Bonchev–Trinajstić information content (AvgIpc) is 2.16. The molecule has 1 aromatic rings. The molecule has 2 nitrogen and oxygen atoms in total. The van der Waals surface area contributed by atoms with Crippen molar-refractivity contribution in [3.05, 3.63) is 34.9 Å². The minimum Gasteiger partial charge on any atom is -0.293 e. The molecule has 0 N–H and O–H groups in total. The van der Waals surface area contributed by atoms with E-state index in [4.69, 9.17) is 5.26 Å². The monoisotopic (exact) mass is 237 g/mol. The van der Waals surface area contributed by atoms with Gasteiger partial charge in [-0.15, -0.1) is 0 Å². The van der Waals surface area contributed by atoms with Crippen molar-refractivity contribution < 1.29 is 4.79 Å². The van der Waals surface area contributed by atoms with Gasteiger partial charge in [0.2, 0.25) is 0 Å². The van der Waals surface area contributed by atoms with E-state index in [0.29, 0.717) is 11.1 Å². The van der Waals surface area contributed by atoms with E-state index >= 15 is 0 Å². The van der Waals surface area contributed by atoms with Crippen molar-refractivity contribution >= 4 is 21.7 Å². The first kappa shape index (κ1) is 9.94. The highest BCUT2D eigenvalue weighted by Crippen LogP contribution is 2.14. The molecular weight excluding hydrogens is 230 g/mol. The Morgan fingerprint density at radius 1 is 1.62 bits per heavy atom. The predicted molar refractivity (Wildman–Crippen MR) is 54.0 cm³/mol. The summed E-state index contributed by atoms with van der Waals surface area (Å²) in [6.45, 7) is 1.83. The first-order valence-corrected chi connectivity index (χ1v) is 4.91. The van der Waals surface area contributed by atoms with Gasteiger partial charge in [0.15, 0.2) is 5.78 Å². The van der Waals surface area contributed by atoms with E-state index in [-0.39, 0.29) is 11.1 Å². The number of hydrogen-bond donors (Lipinski definition) is 0. The highest BCUT2D eigenvalue weighted by molar-refractivity contribution is 9.09. The Hall–Kier alpha value is -1.14. The first-order chi connectivity index (χ1) is 6.20. The Morgan fingerprint density at radius 2 is 2.31 bits per heavy atom. The number of nitriles is 1. The second kappa shape index (κ2) is 4.20. The number of Topliss-reactive ketones (excluding diaryl/α,β-unsaturated/α-hetero) is 1. The normalized spacial score (nSPS) is 9.31. The summed E-state index contributed by atoms with van der Waals surface area (Å²) in [6, 6.07) is 7.27. The van der Waals surface area contributed by atoms with Gasteiger partial charge in [0.1, 0.15) is 0 Å². The van der Waals surface area contributed by atoms with Crippen molar-refractivity contribution in [1.82, 2.24) is 0 Å². The quantitative estimate of drug-likeness (QED) is 0.586. The van der Waals surface area contributed by atoms with Gasteiger partial charge in [-0.25, -0.2) is 0 Å². The van der Waals surface area contributed by atoms with Gasteiger partial charge in [0.25, 0.3) is 0 Å². The Balaban J connectivity index is 3.33. The lowest BCUT2D eigenvalue weighted by atomic mass is 10.00. The SMILES string of the molecule is Cc1cccc(C#N)c1C(=O)CBr. The van der Waals surface area contributed by atoms with Gasteiger partial charge >= 0.3 is 0 Å². The van der Waals surface area contributed by atoms with Crippen LogP contribution in [0.15, 0.2) is 18.2 Å². The van der Waals surface area contributed by atoms with E-state index in [0.717, 1.165) is 5.56 Å². The van der Waals surface area contributed by atoms with Crippen molar-refractivity contribution in [1.29, 1.82) is 5.26 Å². The van der Waals surface area contributed by atoms with Crippen LogP contribution in [0.3, 0.4) is 0 Å². The summed E-state index contributed by atoms with van der Waals surface area (Å²) in [5, 5.41) is 9.03. The van der Waals surface area contributed by atoms with E-state index in [2.05, 4.69) is 15.9 Å². The fraction of sp³-hybridized carbons (Fsp3) is 0.200. The van der Waals surface area contributed by atoms with Crippen LogP contribution < -0.4 is 0 Å². The second-order valence-electron chi connectivity index (χ2n) is 2.67. The summed E-state index contributed by atoms with van der Waals surface area (Å²) in [5.41, 5.74) is 1.83. The maximum absolute atomic E-state index is 11.4. The zero-order chi connectivity index (χ0) is 9.84. The molecule has 0 saturated heterocycles. The molecule has 0 amide bonds. The molecule has 0 aliphatic rings. The fourth-order valence-electron chi connectivity index (χ4n) is 1.20. The topological polar surface area (TPSA) is 40.9 Å². The number of carbonyl (C=O) groups excluding carboxylic acids is 1. The van der Waals surface area contributed by atoms with Crippen LogP contribution >= 0.6 is 15.9 Å². The number of halogens is 1. The first-order valence-electron chi connectivity index (χ1n) is 3.79. The molecule has 3 heteroatoms. The Bertz CT molecular complexity index is 379. The lowest BCUT2D eigenvalue weighted by Gasteiger charge is -2.03. The molecule has 1 rings (SSSR count). The van der Waals surface area contributed by atoms with E-state index in [1.165, 1.54) is 0 Å². The van der Waals surface area contributed by atoms with Gasteiger partial charge < -0.3 is 0 Å². The summed E-state index contributed by atoms with van der Waals surface area (Å²) in [7, 11) is 0. The van der Waals surface area contributed by atoms with Gasteiger partial charge in [0.05, 0.1) is 17.0 Å². The Labute approximate surface area is 85.3 Å². The maximum Gasteiger partial charge on any atom is 0.174 e. The molecule has 13 heavy (non-hydrogen) atoms. The van der Waals surface area contributed by atoms with Crippen LogP contribution in [0.2, 0.25) is 0 Å². The third kappa shape index (κ3) is 1.96. The smallest absolute Gasteiger partial charge is 0.174 e. The number of nitrogens with zero attached hydrogens (tertiary/aromatic N) is 1. The molecule has 0 spiro atoms. The number of carbonyl (C=O) groups is 1. The number of hydrogen-bond acceptors (Lipinski definition) is 2. The molecular formula is C10H8BrNO. The lowest BCUT2D eigenvalue weighted by molar-refractivity contribution is 0.102. The molecule has 66 valence electrons. The minimum atomic E-state index is -0.0466. The Kier molecular flexibility index (Phi) is 3.21. The van der Waals surface area contributed by atoms with Gasteiger partial charge in [-0.3, -0.25) is 4.79 Å². The van der Waals surface area contributed by atoms with Crippen LogP contribution in [0, 0.1) is 18.3 Å². The van der Waals surface area contributed by atoms with Crippen molar-refractivity contribution in [3.63, 3.8) is 0 Å². The van der Waals surface area contributed by atoms with Gasteiger partial charge in [-0.1, -0.05) is 28.1 Å². The number of benzene rings is 1. The highest BCUT2D eigenvalue weighted by Gasteiger charge is 2.11. The zero-order valence-electron chi connectivity index (χ0n) is 7.17. The van der Waals surface area contributed by atoms with Gasteiger partial charge in [-0.05, 0) is 18.6 Å².